The van der Waals surface area contributed by atoms with Gasteiger partial charge in [0.05, 0.1) is 25.7 Å². The number of carboxylic acid groups (broad SMARTS) is 1. The minimum atomic E-state index is -0.982. The van der Waals surface area contributed by atoms with Crippen molar-refractivity contribution in [3.63, 3.8) is 0 Å². The monoisotopic (exact) mass is 343 g/mol. The van der Waals surface area contributed by atoms with Crippen molar-refractivity contribution >= 4 is 11.9 Å². The summed E-state index contributed by atoms with van der Waals surface area (Å²) in [6.07, 6.45) is 1.69. The molecule has 1 aliphatic carbocycles. The van der Waals surface area contributed by atoms with Crippen molar-refractivity contribution in [3.05, 3.63) is 47.0 Å². The molecule has 1 atom stereocenters. The fourth-order valence-electron chi connectivity index (χ4n) is 4.18. The highest BCUT2D eigenvalue weighted by Crippen LogP contribution is 2.45. The lowest BCUT2D eigenvalue weighted by Gasteiger charge is -2.38. The van der Waals surface area contributed by atoms with Crippen LogP contribution in [-0.4, -0.2) is 46.9 Å². The van der Waals surface area contributed by atoms with Crippen molar-refractivity contribution < 1.29 is 24.2 Å². The average Bonchev–Trinajstić information content (AvgIpc) is 3.14. The van der Waals surface area contributed by atoms with Crippen LogP contribution in [0.3, 0.4) is 0 Å². The van der Waals surface area contributed by atoms with Crippen molar-refractivity contribution in [1.82, 2.24) is 4.90 Å². The van der Waals surface area contributed by atoms with Gasteiger partial charge in [-0.05, 0) is 17.6 Å². The van der Waals surface area contributed by atoms with Crippen LogP contribution in [-0.2, 0) is 25.6 Å². The van der Waals surface area contributed by atoms with Gasteiger partial charge in [-0.1, -0.05) is 30.3 Å². The van der Waals surface area contributed by atoms with E-state index < -0.39 is 11.8 Å². The number of rotatable bonds is 4. The van der Waals surface area contributed by atoms with Gasteiger partial charge in [-0.2, -0.15) is 0 Å². The van der Waals surface area contributed by atoms with Crippen molar-refractivity contribution in [2.75, 3.05) is 13.2 Å². The number of carbonyl (C=O) groups is 2. The van der Waals surface area contributed by atoms with Crippen LogP contribution in [0, 0.1) is 0 Å². The summed E-state index contributed by atoms with van der Waals surface area (Å²) in [5, 5.41) is 9.25. The molecular weight excluding hydrogens is 322 g/mol. The third-order valence-corrected chi connectivity index (χ3v) is 5.28. The Morgan fingerprint density at radius 3 is 2.64 bits per heavy atom. The van der Waals surface area contributed by atoms with Crippen molar-refractivity contribution in [1.29, 1.82) is 0 Å². The maximum absolute atomic E-state index is 12.9. The van der Waals surface area contributed by atoms with Gasteiger partial charge < -0.3 is 19.5 Å². The van der Waals surface area contributed by atoms with Crippen LogP contribution in [0.25, 0.3) is 0 Å². The fourth-order valence-corrected chi connectivity index (χ4v) is 4.18. The van der Waals surface area contributed by atoms with Crippen LogP contribution in [0.1, 0.15) is 31.2 Å². The van der Waals surface area contributed by atoms with Gasteiger partial charge in [-0.3, -0.25) is 9.59 Å². The highest BCUT2D eigenvalue weighted by Gasteiger charge is 2.49. The Kier molecular flexibility index (Phi) is 4.09. The minimum Gasteiger partial charge on any atom is -0.481 e. The molecule has 0 bridgehead atoms. The summed E-state index contributed by atoms with van der Waals surface area (Å²) >= 11 is 0. The first-order valence-electron chi connectivity index (χ1n) is 8.64. The van der Waals surface area contributed by atoms with E-state index in [0.717, 1.165) is 24.0 Å². The normalized spacial score (nSPS) is 24.9. The lowest BCUT2D eigenvalue weighted by atomic mass is 9.84. The lowest BCUT2D eigenvalue weighted by Crippen LogP contribution is -2.43. The highest BCUT2D eigenvalue weighted by atomic mass is 16.7. The molecule has 1 aromatic rings. The second kappa shape index (κ2) is 6.28. The third-order valence-electron chi connectivity index (χ3n) is 5.28. The predicted molar refractivity (Wildman–Crippen MR) is 88.5 cm³/mol. The van der Waals surface area contributed by atoms with Crippen LogP contribution in [0.5, 0.6) is 0 Å². The molecule has 4 rings (SSSR count). The quantitative estimate of drug-likeness (QED) is 0.906. The van der Waals surface area contributed by atoms with Crippen molar-refractivity contribution in [3.8, 4) is 0 Å². The second-order valence-corrected chi connectivity index (χ2v) is 6.83. The smallest absolute Gasteiger partial charge is 0.308 e. The van der Waals surface area contributed by atoms with Crippen LogP contribution in [0.4, 0.5) is 0 Å². The SMILES string of the molecule is O=C(O)CC1=C2CC3(CCC2N(Cc2ccccc2)C1=O)OCCO3. The fraction of sp³-hybridized carbons (Fsp3) is 0.474. The molecule has 1 unspecified atom stereocenters. The molecule has 1 N–H and O–H groups in total. The molecule has 1 amide bonds. The van der Waals surface area contributed by atoms with Gasteiger partial charge in [0.2, 0.25) is 0 Å². The first-order valence-corrected chi connectivity index (χ1v) is 8.64. The van der Waals surface area contributed by atoms with E-state index in [0.29, 0.717) is 31.8 Å². The molecule has 0 aromatic heterocycles. The van der Waals surface area contributed by atoms with E-state index in [1.165, 1.54) is 0 Å². The minimum absolute atomic E-state index is 0.0551. The van der Waals surface area contributed by atoms with E-state index in [1.54, 1.807) is 0 Å². The van der Waals surface area contributed by atoms with Crippen LogP contribution < -0.4 is 0 Å². The molecule has 1 saturated carbocycles. The number of nitrogens with zero attached hydrogens (tertiary/aromatic N) is 1. The highest BCUT2D eigenvalue weighted by molar-refractivity contribution is 6.01. The number of aliphatic carboxylic acids is 1. The number of hydrogen-bond acceptors (Lipinski definition) is 4. The summed E-state index contributed by atoms with van der Waals surface area (Å²) in [6, 6.07) is 9.73. The van der Waals surface area contributed by atoms with E-state index in [1.807, 2.05) is 35.2 Å². The number of amides is 1. The zero-order valence-corrected chi connectivity index (χ0v) is 13.9. The number of benzene rings is 1. The van der Waals surface area contributed by atoms with E-state index in [2.05, 4.69) is 0 Å². The van der Waals surface area contributed by atoms with Gasteiger partial charge in [0.25, 0.3) is 5.91 Å². The lowest BCUT2D eigenvalue weighted by molar-refractivity contribution is -0.172. The Labute approximate surface area is 146 Å². The molecule has 2 fully saturated rings. The van der Waals surface area contributed by atoms with Gasteiger partial charge in [0.15, 0.2) is 5.79 Å². The van der Waals surface area contributed by atoms with Gasteiger partial charge in [0.1, 0.15) is 0 Å². The average molecular weight is 343 g/mol. The molecule has 25 heavy (non-hydrogen) atoms. The summed E-state index contributed by atoms with van der Waals surface area (Å²) in [5.41, 5.74) is 2.34. The van der Waals surface area contributed by atoms with Crippen molar-refractivity contribution in [2.45, 2.75) is 44.1 Å². The summed E-state index contributed by atoms with van der Waals surface area (Å²) in [6.45, 7) is 1.59. The molecular formula is C19H21NO5. The molecule has 1 spiro atoms. The van der Waals surface area contributed by atoms with E-state index >= 15 is 0 Å². The molecule has 1 aromatic carbocycles. The Hall–Kier alpha value is -2.18. The van der Waals surface area contributed by atoms with Crippen LogP contribution in [0.2, 0.25) is 0 Å². The Morgan fingerprint density at radius 2 is 1.96 bits per heavy atom. The molecule has 1 saturated heterocycles. The predicted octanol–water partition coefficient (Wildman–Crippen LogP) is 2.10. The first-order chi connectivity index (χ1) is 12.1. The molecule has 132 valence electrons. The largest absolute Gasteiger partial charge is 0.481 e. The third kappa shape index (κ3) is 2.96. The first kappa shape index (κ1) is 16.3. The molecule has 3 aliphatic rings. The molecule has 6 heteroatoms. The maximum atomic E-state index is 12.9. The number of carboxylic acids is 1. The number of ether oxygens (including phenoxy) is 2. The van der Waals surface area contributed by atoms with Gasteiger partial charge in [-0.15, -0.1) is 0 Å². The number of fused-ring (bicyclic) bond motifs is 1. The van der Waals surface area contributed by atoms with Gasteiger partial charge in [-0.25, -0.2) is 0 Å². The summed E-state index contributed by atoms with van der Waals surface area (Å²) in [7, 11) is 0. The molecule has 0 radical (unpaired) electrons. The Balaban J connectivity index is 1.63. The Bertz CT molecular complexity index is 721. The van der Waals surface area contributed by atoms with Gasteiger partial charge in [0, 0.05) is 25.0 Å². The molecule has 2 heterocycles. The van der Waals surface area contributed by atoms with Crippen LogP contribution in [0.15, 0.2) is 41.5 Å². The second-order valence-electron chi connectivity index (χ2n) is 6.83. The number of hydrogen-bond donors (Lipinski definition) is 1. The maximum Gasteiger partial charge on any atom is 0.308 e. The zero-order chi connectivity index (χ0) is 17.4. The summed E-state index contributed by atoms with van der Waals surface area (Å²) in [4.78, 5) is 26.0. The van der Waals surface area contributed by atoms with E-state index in [9.17, 15) is 14.7 Å². The summed E-state index contributed by atoms with van der Waals surface area (Å²) < 4.78 is 11.6. The topological polar surface area (TPSA) is 76.1 Å². The molecule has 2 aliphatic heterocycles. The van der Waals surface area contributed by atoms with Gasteiger partial charge >= 0.3 is 5.97 Å². The number of carbonyl (C=O) groups excluding carboxylic acids is 1. The zero-order valence-electron chi connectivity index (χ0n) is 13.9. The Morgan fingerprint density at radius 1 is 1.24 bits per heavy atom. The standard InChI is InChI=1S/C19H21NO5/c21-17(22)10-14-15-11-19(24-8-9-25-19)7-6-16(15)20(18(14)23)12-13-4-2-1-3-5-13/h1-5,16H,6-12H2,(H,21,22). The summed E-state index contributed by atoms with van der Waals surface area (Å²) in [5.74, 6) is -1.82. The van der Waals surface area contributed by atoms with E-state index in [4.69, 9.17) is 9.47 Å². The van der Waals surface area contributed by atoms with Crippen molar-refractivity contribution in [2.24, 2.45) is 0 Å². The van der Waals surface area contributed by atoms with E-state index in [-0.39, 0.29) is 18.4 Å². The molecule has 6 nitrogen and oxygen atoms in total. The van der Waals surface area contributed by atoms with Crippen LogP contribution >= 0.6 is 0 Å².